The smallest absolute Gasteiger partial charge is 0.416 e. The van der Waals surface area contributed by atoms with Crippen LogP contribution in [-0.4, -0.2) is 78.3 Å². The lowest BCUT2D eigenvalue weighted by molar-refractivity contribution is -0.139. The number of nitrogens with zero attached hydrogens (tertiary/aromatic N) is 3. The van der Waals surface area contributed by atoms with Gasteiger partial charge in [-0.15, -0.1) is 0 Å². The molecule has 0 saturated carbocycles. The maximum Gasteiger partial charge on any atom is 0.416 e. The number of piperazine rings is 1. The maximum absolute atomic E-state index is 13.5. The van der Waals surface area contributed by atoms with Crippen molar-refractivity contribution in [1.82, 2.24) is 15.1 Å². The summed E-state index contributed by atoms with van der Waals surface area (Å²) < 4.78 is 40.5. The van der Waals surface area contributed by atoms with Crippen LogP contribution in [0.2, 0.25) is 0 Å². The van der Waals surface area contributed by atoms with E-state index in [0.717, 1.165) is 37.9 Å². The molecule has 3 saturated heterocycles. The van der Waals surface area contributed by atoms with Crippen LogP contribution in [0.4, 0.5) is 18.9 Å². The van der Waals surface area contributed by atoms with Crippen LogP contribution in [0.5, 0.6) is 0 Å². The average molecular weight is 441 g/mol. The van der Waals surface area contributed by atoms with Crippen molar-refractivity contribution >= 4 is 11.7 Å². The average Bonchev–Trinajstić information content (AvgIpc) is 3.27. The number of piperidine rings is 1. The standard InChI is InChI=1S/C22H31F3N4O2/c1-21(5-7-26-8-6-21)27(2)11-15-3-4-16(22(23,24)25)9-19(15)29-13-17-10-18(29)12-28(17)14-20(30)31/h3-4,9,17-18,26H,5-8,10-14H2,1-2H3,(H,30,31). The summed E-state index contributed by atoms with van der Waals surface area (Å²) in [7, 11) is 2.05. The fourth-order valence-corrected chi connectivity index (χ4v) is 5.35. The summed E-state index contributed by atoms with van der Waals surface area (Å²) in [4.78, 5) is 17.4. The molecule has 1 aromatic carbocycles. The summed E-state index contributed by atoms with van der Waals surface area (Å²) in [5.41, 5.74) is 0.912. The molecule has 3 fully saturated rings. The molecular formula is C22H31F3N4O2. The van der Waals surface area contributed by atoms with Gasteiger partial charge in [-0.1, -0.05) is 6.07 Å². The van der Waals surface area contributed by atoms with Crippen molar-refractivity contribution in [3.8, 4) is 0 Å². The summed E-state index contributed by atoms with van der Waals surface area (Å²) in [6, 6.07) is 4.22. The van der Waals surface area contributed by atoms with Gasteiger partial charge < -0.3 is 15.3 Å². The van der Waals surface area contributed by atoms with Crippen molar-refractivity contribution in [2.75, 3.05) is 44.7 Å². The van der Waals surface area contributed by atoms with Gasteiger partial charge in [0, 0.05) is 42.9 Å². The number of likely N-dealkylation sites (tertiary alicyclic amines) is 1. The fraction of sp³-hybridized carbons (Fsp3) is 0.682. The SMILES string of the molecule is CN(Cc1ccc(C(F)(F)F)cc1N1CC2CC1CN2CC(=O)O)C1(C)CCNCC1. The van der Waals surface area contributed by atoms with E-state index in [1.807, 2.05) is 4.90 Å². The topological polar surface area (TPSA) is 59.0 Å². The van der Waals surface area contributed by atoms with Gasteiger partial charge in [0.2, 0.25) is 0 Å². The molecule has 3 aliphatic rings. The van der Waals surface area contributed by atoms with E-state index in [9.17, 15) is 18.0 Å². The van der Waals surface area contributed by atoms with Crippen molar-refractivity contribution < 1.29 is 23.1 Å². The molecule has 9 heteroatoms. The van der Waals surface area contributed by atoms with Crippen LogP contribution in [0.3, 0.4) is 0 Å². The number of anilines is 1. The van der Waals surface area contributed by atoms with Crippen LogP contribution < -0.4 is 10.2 Å². The number of carboxylic acid groups (broad SMARTS) is 1. The Labute approximate surface area is 181 Å². The van der Waals surface area contributed by atoms with Crippen LogP contribution in [0, 0.1) is 0 Å². The summed E-state index contributed by atoms with van der Waals surface area (Å²) in [6.07, 6.45) is -1.60. The van der Waals surface area contributed by atoms with Gasteiger partial charge in [0.1, 0.15) is 0 Å². The minimum atomic E-state index is -4.39. The molecular weight excluding hydrogens is 409 g/mol. The number of hydrogen-bond acceptors (Lipinski definition) is 5. The van der Waals surface area contributed by atoms with E-state index in [4.69, 9.17) is 5.11 Å². The van der Waals surface area contributed by atoms with E-state index >= 15 is 0 Å². The van der Waals surface area contributed by atoms with E-state index < -0.39 is 17.7 Å². The molecule has 31 heavy (non-hydrogen) atoms. The molecule has 0 spiro atoms. The van der Waals surface area contributed by atoms with Gasteiger partial charge in [-0.3, -0.25) is 14.6 Å². The van der Waals surface area contributed by atoms with E-state index in [0.29, 0.717) is 25.3 Å². The van der Waals surface area contributed by atoms with E-state index in [1.165, 1.54) is 12.1 Å². The number of halogens is 3. The Balaban J connectivity index is 1.59. The monoisotopic (exact) mass is 440 g/mol. The zero-order chi connectivity index (χ0) is 22.4. The van der Waals surface area contributed by atoms with Gasteiger partial charge in [0.15, 0.2) is 0 Å². The molecule has 0 aromatic heterocycles. The molecule has 0 radical (unpaired) electrons. The number of benzene rings is 1. The highest BCUT2D eigenvalue weighted by Gasteiger charge is 2.45. The Morgan fingerprint density at radius 1 is 1.26 bits per heavy atom. The van der Waals surface area contributed by atoms with E-state index in [2.05, 4.69) is 29.1 Å². The predicted molar refractivity (Wildman–Crippen MR) is 112 cm³/mol. The maximum atomic E-state index is 13.5. The van der Waals surface area contributed by atoms with E-state index in [-0.39, 0.29) is 24.2 Å². The third kappa shape index (κ3) is 4.54. The lowest BCUT2D eigenvalue weighted by Gasteiger charge is -2.43. The van der Waals surface area contributed by atoms with Gasteiger partial charge in [0.25, 0.3) is 0 Å². The lowest BCUT2D eigenvalue weighted by Crippen LogP contribution is -2.51. The van der Waals surface area contributed by atoms with Gasteiger partial charge in [-0.25, -0.2) is 0 Å². The molecule has 172 valence electrons. The van der Waals surface area contributed by atoms with Crippen molar-refractivity contribution in [1.29, 1.82) is 0 Å². The number of alkyl halides is 3. The second kappa shape index (κ2) is 8.26. The summed E-state index contributed by atoms with van der Waals surface area (Å²) >= 11 is 0. The number of nitrogens with one attached hydrogen (secondary N) is 1. The fourth-order valence-electron chi connectivity index (χ4n) is 5.35. The van der Waals surface area contributed by atoms with Crippen LogP contribution in [0.25, 0.3) is 0 Å². The van der Waals surface area contributed by atoms with Crippen molar-refractivity contribution in [3.63, 3.8) is 0 Å². The van der Waals surface area contributed by atoms with Crippen LogP contribution >= 0.6 is 0 Å². The predicted octanol–water partition coefficient (Wildman–Crippen LogP) is 2.63. The lowest BCUT2D eigenvalue weighted by atomic mass is 9.88. The Bertz CT molecular complexity index is 825. The van der Waals surface area contributed by atoms with Crippen LogP contribution in [-0.2, 0) is 17.5 Å². The minimum Gasteiger partial charge on any atom is -0.480 e. The number of carbonyl (C=O) groups is 1. The van der Waals surface area contributed by atoms with Gasteiger partial charge in [0.05, 0.1) is 12.1 Å². The van der Waals surface area contributed by atoms with Crippen molar-refractivity contribution in [2.24, 2.45) is 0 Å². The van der Waals surface area contributed by atoms with Gasteiger partial charge >= 0.3 is 12.1 Å². The molecule has 2 atom stereocenters. The van der Waals surface area contributed by atoms with Gasteiger partial charge in [-0.05, 0) is 64.0 Å². The molecule has 2 bridgehead atoms. The first-order chi connectivity index (χ1) is 14.6. The third-order valence-corrected chi connectivity index (χ3v) is 7.42. The zero-order valence-corrected chi connectivity index (χ0v) is 18.1. The zero-order valence-electron chi connectivity index (χ0n) is 18.1. The normalized spacial score (nSPS) is 26.1. The number of aliphatic carboxylic acids is 1. The number of carboxylic acids is 1. The van der Waals surface area contributed by atoms with Crippen molar-refractivity contribution in [3.05, 3.63) is 29.3 Å². The van der Waals surface area contributed by atoms with Crippen LogP contribution in [0.1, 0.15) is 37.3 Å². The summed E-state index contributed by atoms with van der Waals surface area (Å²) in [5.74, 6) is -0.865. The number of fused-ring (bicyclic) bond motifs is 2. The first-order valence-electron chi connectivity index (χ1n) is 10.9. The first kappa shape index (κ1) is 22.4. The number of rotatable bonds is 6. The molecule has 0 amide bonds. The quantitative estimate of drug-likeness (QED) is 0.709. The molecule has 0 aliphatic carbocycles. The minimum absolute atomic E-state index is 0.00746. The Morgan fingerprint density at radius 2 is 1.97 bits per heavy atom. The Kier molecular flexibility index (Phi) is 5.95. The first-order valence-corrected chi connectivity index (χ1v) is 10.9. The molecule has 3 aliphatic heterocycles. The summed E-state index contributed by atoms with van der Waals surface area (Å²) in [6.45, 7) is 5.81. The molecule has 2 unspecified atom stereocenters. The Hall–Kier alpha value is -1.84. The third-order valence-electron chi connectivity index (χ3n) is 7.42. The number of hydrogen-bond donors (Lipinski definition) is 2. The molecule has 1 aromatic rings. The molecule has 2 N–H and O–H groups in total. The van der Waals surface area contributed by atoms with Gasteiger partial charge in [-0.2, -0.15) is 13.2 Å². The molecule has 4 rings (SSSR count). The van der Waals surface area contributed by atoms with E-state index in [1.54, 1.807) is 6.07 Å². The molecule has 6 nitrogen and oxygen atoms in total. The largest absolute Gasteiger partial charge is 0.480 e. The summed E-state index contributed by atoms with van der Waals surface area (Å²) in [5, 5.41) is 12.5. The second-order valence-corrected chi connectivity index (χ2v) is 9.46. The Morgan fingerprint density at radius 3 is 2.55 bits per heavy atom. The molecule has 3 heterocycles. The second-order valence-electron chi connectivity index (χ2n) is 9.46. The highest BCUT2D eigenvalue weighted by molar-refractivity contribution is 5.69. The van der Waals surface area contributed by atoms with Crippen LogP contribution in [0.15, 0.2) is 18.2 Å². The van der Waals surface area contributed by atoms with Crippen molar-refractivity contribution in [2.45, 2.75) is 56.5 Å². The highest BCUT2D eigenvalue weighted by Crippen LogP contribution is 2.40. The highest BCUT2D eigenvalue weighted by atomic mass is 19.4.